The van der Waals surface area contributed by atoms with Crippen molar-refractivity contribution in [3.05, 3.63) is 58.1 Å². The second kappa shape index (κ2) is 7.25. The monoisotopic (exact) mass is 363 g/mol. The number of benzene rings is 2. The molecule has 0 aliphatic heterocycles. The number of rotatable bonds is 5. The lowest BCUT2D eigenvalue weighted by molar-refractivity contribution is 0.0469. The van der Waals surface area contributed by atoms with Gasteiger partial charge in [-0.25, -0.2) is 18.4 Å². The van der Waals surface area contributed by atoms with Crippen LogP contribution in [-0.4, -0.2) is 21.5 Å². The molecular weight excluding hydrogens is 342 g/mol. The molecule has 0 heterocycles. The van der Waals surface area contributed by atoms with Crippen molar-refractivity contribution in [2.45, 2.75) is 32.3 Å². The fourth-order valence-electron chi connectivity index (χ4n) is 2.49. The Bertz CT molecular complexity index is 919. The maximum atomic E-state index is 12.3. The average molecular weight is 363 g/mol. The van der Waals surface area contributed by atoms with Gasteiger partial charge in [0.2, 0.25) is 10.0 Å². The molecule has 0 fully saturated rings. The van der Waals surface area contributed by atoms with Crippen molar-refractivity contribution < 1.29 is 22.7 Å². The number of aryl methyl sites for hydroxylation is 2. The summed E-state index contributed by atoms with van der Waals surface area (Å²) in [5.41, 5.74) is 3.03. The molecule has 0 saturated heterocycles. The number of nitrogens with two attached hydrogens (primary N) is 1. The first-order valence-corrected chi connectivity index (χ1v) is 9.13. The number of hydrogen-bond donors (Lipinski definition) is 1. The quantitative estimate of drug-likeness (QED) is 0.824. The second-order valence-electron chi connectivity index (χ2n) is 5.85. The third kappa shape index (κ3) is 4.37. The molecule has 0 saturated carbocycles. The summed E-state index contributed by atoms with van der Waals surface area (Å²) in [6, 6.07) is 8.38. The Morgan fingerprint density at radius 3 is 2.40 bits per heavy atom. The van der Waals surface area contributed by atoms with Gasteiger partial charge in [-0.15, -0.1) is 0 Å². The van der Waals surface area contributed by atoms with E-state index in [1.807, 2.05) is 19.1 Å². The number of primary sulfonamides is 1. The van der Waals surface area contributed by atoms with Gasteiger partial charge >= 0.3 is 5.97 Å². The van der Waals surface area contributed by atoms with Gasteiger partial charge in [0.15, 0.2) is 0 Å². The van der Waals surface area contributed by atoms with E-state index in [1.165, 1.54) is 13.2 Å². The highest BCUT2D eigenvalue weighted by Crippen LogP contribution is 2.23. The molecule has 0 spiro atoms. The van der Waals surface area contributed by atoms with Gasteiger partial charge in [0.25, 0.3) is 0 Å². The van der Waals surface area contributed by atoms with E-state index in [4.69, 9.17) is 14.6 Å². The summed E-state index contributed by atoms with van der Waals surface area (Å²) in [5.74, 6) is -0.0136. The summed E-state index contributed by atoms with van der Waals surface area (Å²) in [6.07, 6.45) is 0. The van der Waals surface area contributed by atoms with Crippen LogP contribution in [0.5, 0.6) is 5.75 Å². The first-order valence-electron chi connectivity index (χ1n) is 7.58. The van der Waals surface area contributed by atoms with E-state index >= 15 is 0 Å². The van der Waals surface area contributed by atoms with E-state index < -0.39 is 16.0 Å². The molecule has 6 nitrogen and oxygen atoms in total. The van der Waals surface area contributed by atoms with E-state index in [2.05, 4.69) is 0 Å². The van der Waals surface area contributed by atoms with Crippen LogP contribution >= 0.6 is 0 Å². The molecule has 0 aromatic heterocycles. The maximum Gasteiger partial charge on any atom is 0.338 e. The van der Waals surface area contributed by atoms with Crippen molar-refractivity contribution in [1.82, 2.24) is 0 Å². The number of methoxy groups -OCH3 is 1. The molecule has 2 aromatic carbocycles. The average Bonchev–Trinajstić information content (AvgIpc) is 2.54. The Kier molecular flexibility index (Phi) is 5.49. The largest absolute Gasteiger partial charge is 0.496 e. The first kappa shape index (κ1) is 19.0. The summed E-state index contributed by atoms with van der Waals surface area (Å²) < 4.78 is 33.9. The van der Waals surface area contributed by atoms with Crippen LogP contribution < -0.4 is 9.88 Å². The highest BCUT2D eigenvalue weighted by molar-refractivity contribution is 7.89. The lowest BCUT2D eigenvalue weighted by atomic mass is 10.1. The zero-order valence-corrected chi connectivity index (χ0v) is 15.4. The molecule has 0 aliphatic carbocycles. The summed E-state index contributed by atoms with van der Waals surface area (Å²) >= 11 is 0. The van der Waals surface area contributed by atoms with Crippen LogP contribution in [0.4, 0.5) is 0 Å². The van der Waals surface area contributed by atoms with Gasteiger partial charge in [0.1, 0.15) is 12.4 Å². The molecule has 0 radical (unpaired) electrons. The molecule has 2 aromatic rings. The lowest BCUT2D eigenvalue weighted by Gasteiger charge is -2.12. The van der Waals surface area contributed by atoms with Crippen molar-refractivity contribution in [1.29, 1.82) is 0 Å². The number of esters is 1. The molecule has 134 valence electrons. The van der Waals surface area contributed by atoms with Gasteiger partial charge in [0, 0.05) is 5.56 Å². The number of ether oxygens (including phenoxy) is 2. The smallest absolute Gasteiger partial charge is 0.338 e. The van der Waals surface area contributed by atoms with E-state index in [-0.39, 0.29) is 17.1 Å². The Morgan fingerprint density at radius 2 is 1.80 bits per heavy atom. The van der Waals surface area contributed by atoms with E-state index in [9.17, 15) is 13.2 Å². The molecule has 25 heavy (non-hydrogen) atoms. The van der Waals surface area contributed by atoms with Gasteiger partial charge in [-0.05, 0) is 56.2 Å². The van der Waals surface area contributed by atoms with Crippen LogP contribution in [0.2, 0.25) is 0 Å². The summed E-state index contributed by atoms with van der Waals surface area (Å²) in [4.78, 5) is 12.3. The highest BCUT2D eigenvalue weighted by atomic mass is 32.2. The zero-order valence-electron chi connectivity index (χ0n) is 14.6. The van der Waals surface area contributed by atoms with Crippen LogP contribution in [0.1, 0.15) is 32.6 Å². The normalized spacial score (nSPS) is 11.2. The van der Waals surface area contributed by atoms with Gasteiger partial charge < -0.3 is 9.47 Å². The second-order valence-corrected chi connectivity index (χ2v) is 7.38. The molecule has 7 heteroatoms. The molecule has 0 atom stereocenters. The van der Waals surface area contributed by atoms with Crippen molar-refractivity contribution in [3.63, 3.8) is 0 Å². The molecule has 2 N–H and O–H groups in total. The van der Waals surface area contributed by atoms with Gasteiger partial charge in [-0.3, -0.25) is 0 Å². The van der Waals surface area contributed by atoms with E-state index in [0.29, 0.717) is 16.9 Å². The Balaban J connectivity index is 2.28. The summed E-state index contributed by atoms with van der Waals surface area (Å²) in [6.45, 7) is 5.29. The Morgan fingerprint density at radius 1 is 1.12 bits per heavy atom. The fourth-order valence-corrected chi connectivity index (χ4v) is 3.37. The van der Waals surface area contributed by atoms with Crippen molar-refractivity contribution >= 4 is 16.0 Å². The Hall–Kier alpha value is -2.38. The molecule has 2 rings (SSSR count). The van der Waals surface area contributed by atoms with Gasteiger partial charge in [-0.2, -0.15) is 0 Å². The third-order valence-electron chi connectivity index (χ3n) is 3.96. The summed E-state index contributed by atoms with van der Waals surface area (Å²) in [5, 5.41) is 5.22. The predicted octanol–water partition coefficient (Wildman–Crippen LogP) is 2.62. The fraction of sp³-hybridized carbons (Fsp3) is 0.278. The summed E-state index contributed by atoms with van der Waals surface area (Å²) in [7, 11) is -2.38. The van der Waals surface area contributed by atoms with Crippen LogP contribution in [0, 0.1) is 20.8 Å². The molecule has 0 unspecified atom stereocenters. The minimum atomic E-state index is -3.92. The predicted molar refractivity (Wildman–Crippen MR) is 94.1 cm³/mol. The number of sulfonamides is 1. The van der Waals surface area contributed by atoms with Crippen molar-refractivity contribution in [2.75, 3.05) is 7.11 Å². The molecule has 0 amide bonds. The SMILES string of the molecule is COc1ccc(C)cc1COC(=O)c1cc(C)c(C)c(S(N)(=O)=O)c1. The molecule has 0 bridgehead atoms. The number of carbonyl (C=O) groups is 1. The topological polar surface area (TPSA) is 95.7 Å². The Labute approximate surface area is 147 Å². The zero-order chi connectivity index (χ0) is 18.8. The van der Waals surface area contributed by atoms with Gasteiger partial charge in [-0.1, -0.05) is 11.6 Å². The van der Waals surface area contributed by atoms with E-state index in [0.717, 1.165) is 11.1 Å². The van der Waals surface area contributed by atoms with Crippen LogP contribution in [-0.2, 0) is 21.4 Å². The van der Waals surface area contributed by atoms with E-state index in [1.54, 1.807) is 26.0 Å². The first-order chi connectivity index (χ1) is 11.6. The van der Waals surface area contributed by atoms with Crippen LogP contribution in [0.3, 0.4) is 0 Å². The molecule has 0 aliphatic rings. The lowest BCUT2D eigenvalue weighted by Crippen LogP contribution is -2.16. The standard InChI is InChI=1S/C18H21NO5S/c1-11-5-6-16(23-4)15(7-11)10-24-18(20)14-8-12(2)13(3)17(9-14)25(19,21)22/h5-9H,10H2,1-4H3,(H2,19,21,22). The highest BCUT2D eigenvalue weighted by Gasteiger charge is 2.18. The van der Waals surface area contributed by atoms with Crippen LogP contribution in [0.25, 0.3) is 0 Å². The number of hydrogen-bond acceptors (Lipinski definition) is 5. The third-order valence-corrected chi connectivity index (χ3v) is 4.99. The van der Waals surface area contributed by atoms with Crippen molar-refractivity contribution in [2.24, 2.45) is 5.14 Å². The molecular formula is C18H21NO5S. The maximum absolute atomic E-state index is 12.3. The van der Waals surface area contributed by atoms with Crippen LogP contribution in [0.15, 0.2) is 35.2 Å². The van der Waals surface area contributed by atoms with Crippen molar-refractivity contribution in [3.8, 4) is 5.75 Å². The van der Waals surface area contributed by atoms with Gasteiger partial charge in [0.05, 0.1) is 17.6 Å². The minimum Gasteiger partial charge on any atom is -0.496 e. The minimum absolute atomic E-state index is 0.0152. The number of carbonyl (C=O) groups excluding carboxylic acids is 1.